The van der Waals surface area contributed by atoms with Gasteiger partial charge < -0.3 is 0 Å². The van der Waals surface area contributed by atoms with Gasteiger partial charge in [-0.15, -0.1) is 6.58 Å². The van der Waals surface area contributed by atoms with Gasteiger partial charge >= 0.3 is 0 Å². The molecule has 0 aromatic heterocycles. The first-order valence-electron chi connectivity index (χ1n) is 6.31. The van der Waals surface area contributed by atoms with Gasteiger partial charge in [0.05, 0.1) is 0 Å². The van der Waals surface area contributed by atoms with Crippen LogP contribution < -0.4 is 0 Å². The van der Waals surface area contributed by atoms with E-state index < -0.39 is 0 Å². The van der Waals surface area contributed by atoms with Gasteiger partial charge in [0.25, 0.3) is 0 Å². The second-order valence-electron chi connectivity index (χ2n) is 2.19. The van der Waals surface area contributed by atoms with E-state index in [0.717, 1.165) is 0 Å². The van der Waals surface area contributed by atoms with Crippen molar-refractivity contribution in [3.8, 4) is 0 Å². The van der Waals surface area contributed by atoms with Gasteiger partial charge in [-0.25, -0.2) is 0 Å². The van der Waals surface area contributed by atoms with Crippen molar-refractivity contribution in [1.82, 2.24) is 0 Å². The van der Waals surface area contributed by atoms with Crippen LogP contribution in [0, 0.1) is 5.92 Å². The summed E-state index contributed by atoms with van der Waals surface area (Å²) >= 11 is 0. The maximum atomic E-state index is 3.56. The molecule has 0 saturated heterocycles. The third kappa shape index (κ3) is 447. The lowest BCUT2D eigenvalue weighted by molar-refractivity contribution is 0.835. The SMILES string of the molecule is C=CC(C)C.CC.CC.CC.CCC. The number of hydrogen-bond donors (Lipinski definition) is 0. The average molecular weight is 204 g/mol. The van der Waals surface area contributed by atoms with Crippen LogP contribution in [-0.4, -0.2) is 0 Å². The van der Waals surface area contributed by atoms with E-state index in [1.807, 2.05) is 47.6 Å². The average Bonchev–Trinajstić information content (AvgIpc) is 2.27. The van der Waals surface area contributed by atoms with Crippen molar-refractivity contribution in [2.45, 2.75) is 75.7 Å². The summed E-state index contributed by atoms with van der Waals surface area (Å²) in [7, 11) is 0. The molecule has 0 unspecified atom stereocenters. The van der Waals surface area contributed by atoms with Crippen LogP contribution >= 0.6 is 0 Å². The van der Waals surface area contributed by atoms with Crippen molar-refractivity contribution in [3.05, 3.63) is 12.7 Å². The van der Waals surface area contributed by atoms with Crippen LogP contribution in [-0.2, 0) is 0 Å². The highest BCUT2D eigenvalue weighted by Crippen LogP contribution is 1.87. The lowest BCUT2D eigenvalue weighted by Crippen LogP contribution is -1.71. The molecule has 0 fully saturated rings. The highest BCUT2D eigenvalue weighted by molar-refractivity contribution is 4.69. The van der Waals surface area contributed by atoms with E-state index in [1.54, 1.807) is 0 Å². The number of hydrogen-bond acceptors (Lipinski definition) is 0. The molecular weight excluding hydrogens is 168 g/mol. The third-order valence-corrected chi connectivity index (χ3v) is 0.471. The molecule has 0 aliphatic heterocycles. The normalized spacial score (nSPS) is 5.64. The van der Waals surface area contributed by atoms with Crippen molar-refractivity contribution >= 4 is 0 Å². The Morgan fingerprint density at radius 1 is 0.857 bits per heavy atom. The van der Waals surface area contributed by atoms with Crippen molar-refractivity contribution < 1.29 is 0 Å². The smallest absolute Gasteiger partial charge is 0.0293 e. The highest BCUT2D eigenvalue weighted by Gasteiger charge is 1.73. The van der Waals surface area contributed by atoms with Crippen LogP contribution in [0.4, 0.5) is 0 Å². The predicted octanol–water partition coefficient (Wildman–Crippen LogP) is 6.32. The minimum atomic E-state index is 0.648. The summed E-state index contributed by atoms with van der Waals surface area (Å²) in [5, 5.41) is 0. The lowest BCUT2D eigenvalue weighted by atomic mass is 10.2. The number of allylic oxidation sites excluding steroid dienone is 1. The molecule has 0 aromatic rings. The summed E-state index contributed by atoms with van der Waals surface area (Å²) in [5.74, 6) is 0.648. The molecular formula is C14H36. The van der Waals surface area contributed by atoms with Gasteiger partial charge in [-0.2, -0.15) is 0 Å². The molecule has 0 N–H and O–H groups in total. The van der Waals surface area contributed by atoms with Crippen molar-refractivity contribution in [2.24, 2.45) is 5.92 Å². The second-order valence-corrected chi connectivity index (χ2v) is 2.19. The van der Waals surface area contributed by atoms with Crippen molar-refractivity contribution in [3.63, 3.8) is 0 Å². The standard InChI is InChI=1S/C5H10.C3H8.3C2H6/c1-4-5(2)3;1-3-2;3*1-2/h4-5H,1H2,2-3H3;3H2,1-2H3;3*1-2H3. The zero-order valence-corrected chi connectivity index (χ0v) is 12.6. The summed E-state index contributed by atoms with van der Waals surface area (Å²) in [6.07, 6.45) is 3.17. The molecule has 0 amide bonds. The fourth-order valence-electron chi connectivity index (χ4n) is 0. The summed E-state index contributed by atoms with van der Waals surface area (Å²) < 4.78 is 0. The summed E-state index contributed by atoms with van der Waals surface area (Å²) in [6, 6.07) is 0. The van der Waals surface area contributed by atoms with Crippen LogP contribution in [0.3, 0.4) is 0 Å². The maximum absolute atomic E-state index is 3.56. The Labute approximate surface area is 94.8 Å². The van der Waals surface area contributed by atoms with E-state index in [4.69, 9.17) is 0 Å². The Bertz CT molecular complexity index is 35.3. The quantitative estimate of drug-likeness (QED) is 0.438. The summed E-state index contributed by atoms with van der Waals surface area (Å²) in [4.78, 5) is 0. The first-order chi connectivity index (χ1) is 6.68. The Kier molecular flexibility index (Phi) is 163. The topological polar surface area (TPSA) is 0 Å². The second kappa shape index (κ2) is 78.2. The van der Waals surface area contributed by atoms with E-state index in [0.29, 0.717) is 5.92 Å². The minimum absolute atomic E-state index is 0.648. The van der Waals surface area contributed by atoms with Gasteiger partial charge in [0, 0.05) is 0 Å². The van der Waals surface area contributed by atoms with E-state index in [-0.39, 0.29) is 0 Å². The van der Waals surface area contributed by atoms with Crippen LogP contribution in [0.15, 0.2) is 12.7 Å². The first kappa shape index (κ1) is 29.2. The van der Waals surface area contributed by atoms with Crippen molar-refractivity contribution in [2.75, 3.05) is 0 Å². The lowest BCUT2D eigenvalue weighted by Gasteiger charge is -1.84. The maximum Gasteiger partial charge on any atom is -0.0293 e. The van der Waals surface area contributed by atoms with Gasteiger partial charge in [-0.05, 0) is 5.92 Å². The molecule has 0 heteroatoms. The summed E-state index contributed by atoms with van der Waals surface area (Å²) in [5.41, 5.74) is 0. The largest absolute Gasteiger partial charge is 0.103 e. The molecule has 0 aliphatic carbocycles. The molecule has 0 radical (unpaired) electrons. The summed E-state index contributed by atoms with van der Waals surface area (Å²) in [6.45, 7) is 24.0. The van der Waals surface area contributed by atoms with E-state index in [9.17, 15) is 0 Å². The monoisotopic (exact) mass is 204 g/mol. The molecule has 0 spiro atoms. The third-order valence-electron chi connectivity index (χ3n) is 0.471. The first-order valence-corrected chi connectivity index (χ1v) is 6.31. The minimum Gasteiger partial charge on any atom is -0.103 e. The fraction of sp³-hybridized carbons (Fsp3) is 0.857. The van der Waals surface area contributed by atoms with Gasteiger partial charge in [0.2, 0.25) is 0 Å². The van der Waals surface area contributed by atoms with E-state index in [2.05, 4.69) is 34.3 Å². The van der Waals surface area contributed by atoms with E-state index >= 15 is 0 Å². The molecule has 92 valence electrons. The van der Waals surface area contributed by atoms with E-state index in [1.165, 1.54) is 6.42 Å². The van der Waals surface area contributed by atoms with Gasteiger partial charge in [0.15, 0.2) is 0 Å². The molecule has 0 atom stereocenters. The Hall–Kier alpha value is -0.260. The Morgan fingerprint density at radius 3 is 0.929 bits per heavy atom. The Balaban J connectivity index is -0.0000000263. The highest BCUT2D eigenvalue weighted by atomic mass is 13.8. The fourth-order valence-corrected chi connectivity index (χ4v) is 0. The van der Waals surface area contributed by atoms with Crippen LogP contribution in [0.2, 0.25) is 0 Å². The number of rotatable bonds is 1. The zero-order chi connectivity index (χ0) is 13.0. The molecule has 0 nitrogen and oxygen atoms in total. The zero-order valence-electron chi connectivity index (χ0n) is 12.6. The molecule has 0 aliphatic rings. The van der Waals surface area contributed by atoms with Crippen molar-refractivity contribution in [1.29, 1.82) is 0 Å². The van der Waals surface area contributed by atoms with Gasteiger partial charge in [-0.3, -0.25) is 0 Å². The molecule has 0 heterocycles. The Morgan fingerprint density at radius 2 is 0.929 bits per heavy atom. The molecule has 14 heavy (non-hydrogen) atoms. The molecule has 0 saturated carbocycles. The molecule has 0 aromatic carbocycles. The van der Waals surface area contributed by atoms with Crippen LogP contribution in [0.1, 0.15) is 75.7 Å². The van der Waals surface area contributed by atoms with Gasteiger partial charge in [-0.1, -0.05) is 81.7 Å². The van der Waals surface area contributed by atoms with Gasteiger partial charge in [0.1, 0.15) is 0 Å². The molecule has 0 bridgehead atoms. The van der Waals surface area contributed by atoms with Crippen LogP contribution in [0.5, 0.6) is 0 Å². The predicted molar refractivity (Wildman–Crippen MR) is 75.0 cm³/mol. The van der Waals surface area contributed by atoms with Crippen LogP contribution in [0.25, 0.3) is 0 Å². The molecule has 0 rings (SSSR count).